The first kappa shape index (κ1) is 11.9. The van der Waals surface area contributed by atoms with Crippen LogP contribution in [0.2, 0.25) is 0 Å². The SMILES string of the molecule is CCn1cc(C[C@@H]2SC(=S)N(C)[C@@H]2O)cn1. The number of rotatable bonds is 3. The van der Waals surface area contributed by atoms with Gasteiger partial charge in [0.15, 0.2) is 0 Å². The molecule has 6 heteroatoms. The van der Waals surface area contributed by atoms with E-state index < -0.39 is 6.23 Å². The van der Waals surface area contributed by atoms with Crippen LogP contribution < -0.4 is 0 Å². The van der Waals surface area contributed by atoms with Crippen molar-refractivity contribution in [3.8, 4) is 0 Å². The summed E-state index contributed by atoms with van der Waals surface area (Å²) in [6.07, 6.45) is 4.20. The first-order valence-corrected chi connectivity index (χ1v) is 6.53. The highest BCUT2D eigenvalue weighted by Crippen LogP contribution is 2.31. The molecule has 2 rings (SSSR count). The molecule has 0 aliphatic carbocycles. The Bertz CT molecular complexity index is 393. The molecular formula is C10H15N3OS2. The minimum atomic E-state index is -0.484. The molecule has 1 saturated heterocycles. The van der Waals surface area contributed by atoms with E-state index in [-0.39, 0.29) is 5.25 Å². The van der Waals surface area contributed by atoms with Gasteiger partial charge in [-0.25, -0.2) is 0 Å². The Kier molecular flexibility index (Phi) is 3.51. The molecule has 1 fully saturated rings. The maximum absolute atomic E-state index is 9.94. The highest BCUT2D eigenvalue weighted by molar-refractivity contribution is 8.23. The third-order valence-electron chi connectivity index (χ3n) is 2.72. The normalized spacial score (nSPS) is 25.4. The van der Waals surface area contributed by atoms with Gasteiger partial charge in [-0.15, -0.1) is 0 Å². The summed E-state index contributed by atoms with van der Waals surface area (Å²) in [6.45, 7) is 2.93. The Morgan fingerprint density at radius 1 is 1.62 bits per heavy atom. The lowest BCUT2D eigenvalue weighted by Crippen LogP contribution is -2.33. The topological polar surface area (TPSA) is 41.3 Å². The predicted molar refractivity (Wildman–Crippen MR) is 69.4 cm³/mol. The zero-order valence-electron chi connectivity index (χ0n) is 9.33. The summed E-state index contributed by atoms with van der Waals surface area (Å²) in [7, 11) is 1.83. The second-order valence-electron chi connectivity index (χ2n) is 3.86. The molecular weight excluding hydrogens is 242 g/mol. The van der Waals surface area contributed by atoms with Crippen LogP contribution in [-0.4, -0.2) is 42.6 Å². The van der Waals surface area contributed by atoms with E-state index >= 15 is 0 Å². The van der Waals surface area contributed by atoms with Gasteiger partial charge in [-0.1, -0.05) is 24.0 Å². The largest absolute Gasteiger partial charge is 0.372 e. The van der Waals surface area contributed by atoms with E-state index in [1.165, 1.54) is 0 Å². The van der Waals surface area contributed by atoms with E-state index in [0.29, 0.717) is 0 Å². The molecule has 2 atom stereocenters. The number of thiocarbonyl (C=S) groups is 1. The molecule has 0 unspecified atom stereocenters. The van der Waals surface area contributed by atoms with Gasteiger partial charge in [-0.2, -0.15) is 5.10 Å². The molecule has 16 heavy (non-hydrogen) atoms. The molecule has 0 amide bonds. The fraction of sp³-hybridized carbons (Fsp3) is 0.600. The van der Waals surface area contributed by atoms with Crippen molar-refractivity contribution in [1.29, 1.82) is 0 Å². The van der Waals surface area contributed by atoms with Crippen LogP contribution in [0, 0.1) is 0 Å². The van der Waals surface area contributed by atoms with Gasteiger partial charge < -0.3 is 10.0 Å². The minimum absolute atomic E-state index is 0.118. The van der Waals surface area contributed by atoms with Crippen molar-refractivity contribution in [3.63, 3.8) is 0 Å². The fourth-order valence-corrected chi connectivity index (χ4v) is 3.29. The van der Waals surface area contributed by atoms with Crippen LogP contribution in [0.25, 0.3) is 0 Å². The lowest BCUT2D eigenvalue weighted by atomic mass is 10.2. The second-order valence-corrected chi connectivity index (χ2v) is 5.73. The van der Waals surface area contributed by atoms with Gasteiger partial charge in [0.25, 0.3) is 0 Å². The molecule has 1 aliphatic rings. The van der Waals surface area contributed by atoms with Gasteiger partial charge in [0.1, 0.15) is 10.5 Å². The predicted octanol–water partition coefficient (Wildman–Crippen LogP) is 1.10. The van der Waals surface area contributed by atoms with E-state index in [9.17, 15) is 5.11 Å². The van der Waals surface area contributed by atoms with E-state index in [2.05, 4.69) is 12.0 Å². The number of hydrogen-bond acceptors (Lipinski definition) is 4. The Labute approximate surface area is 105 Å². The Morgan fingerprint density at radius 3 is 2.88 bits per heavy atom. The molecule has 1 aromatic heterocycles. The highest BCUT2D eigenvalue weighted by atomic mass is 32.2. The van der Waals surface area contributed by atoms with E-state index in [0.717, 1.165) is 22.8 Å². The number of hydrogen-bond donors (Lipinski definition) is 1. The summed E-state index contributed by atoms with van der Waals surface area (Å²) in [5.74, 6) is 0. The Morgan fingerprint density at radius 2 is 2.38 bits per heavy atom. The lowest BCUT2D eigenvalue weighted by Gasteiger charge is -2.17. The summed E-state index contributed by atoms with van der Waals surface area (Å²) in [5.41, 5.74) is 1.15. The Balaban J connectivity index is 2.02. The van der Waals surface area contributed by atoms with Gasteiger partial charge >= 0.3 is 0 Å². The van der Waals surface area contributed by atoms with Gasteiger partial charge in [0.05, 0.1) is 11.4 Å². The summed E-state index contributed by atoms with van der Waals surface area (Å²) in [5, 5.41) is 14.3. The maximum Gasteiger partial charge on any atom is 0.140 e. The zero-order valence-corrected chi connectivity index (χ0v) is 11.0. The molecule has 4 nitrogen and oxygen atoms in total. The van der Waals surface area contributed by atoms with Crippen molar-refractivity contribution in [2.45, 2.75) is 31.4 Å². The number of aromatic nitrogens is 2. The monoisotopic (exact) mass is 257 g/mol. The molecule has 0 bridgehead atoms. The number of nitrogens with zero attached hydrogens (tertiary/aromatic N) is 3. The fourth-order valence-electron chi connectivity index (χ4n) is 1.70. The van der Waals surface area contributed by atoms with Crippen molar-refractivity contribution < 1.29 is 5.11 Å². The highest BCUT2D eigenvalue weighted by Gasteiger charge is 2.34. The maximum atomic E-state index is 9.94. The average Bonchev–Trinajstić information content (AvgIpc) is 2.81. The van der Waals surface area contributed by atoms with E-state index in [1.807, 2.05) is 24.1 Å². The second kappa shape index (κ2) is 4.73. The third-order valence-corrected chi connectivity index (χ3v) is 4.50. The molecule has 0 radical (unpaired) electrons. The molecule has 1 aliphatic heterocycles. The standard InChI is InChI=1S/C10H15N3OS2/c1-3-13-6-7(5-11-13)4-8-9(14)12(2)10(15)16-8/h5-6,8-9,14H,3-4H2,1-2H3/t8-,9+/m0/s1. The van der Waals surface area contributed by atoms with Crippen LogP contribution in [0.15, 0.2) is 12.4 Å². The van der Waals surface area contributed by atoms with Crippen LogP contribution in [0.4, 0.5) is 0 Å². The van der Waals surface area contributed by atoms with E-state index in [4.69, 9.17) is 12.2 Å². The van der Waals surface area contributed by atoms with Gasteiger partial charge in [0.2, 0.25) is 0 Å². The number of aryl methyl sites for hydroxylation is 1. The van der Waals surface area contributed by atoms with Gasteiger partial charge in [-0.3, -0.25) is 4.68 Å². The van der Waals surface area contributed by atoms with Crippen LogP contribution in [0.5, 0.6) is 0 Å². The van der Waals surface area contributed by atoms with Crippen LogP contribution in [0.3, 0.4) is 0 Å². The summed E-state index contributed by atoms with van der Waals surface area (Å²) < 4.78 is 2.66. The smallest absolute Gasteiger partial charge is 0.140 e. The number of aliphatic hydroxyl groups excluding tert-OH is 1. The summed E-state index contributed by atoms with van der Waals surface area (Å²) in [4.78, 5) is 1.74. The first-order valence-electron chi connectivity index (χ1n) is 5.24. The molecule has 1 N–H and O–H groups in total. The number of aliphatic hydroxyl groups is 1. The van der Waals surface area contributed by atoms with Crippen molar-refractivity contribution in [1.82, 2.24) is 14.7 Å². The number of thioether (sulfide) groups is 1. The molecule has 2 heterocycles. The summed E-state index contributed by atoms with van der Waals surface area (Å²) >= 11 is 6.71. The molecule has 88 valence electrons. The van der Waals surface area contributed by atoms with Crippen molar-refractivity contribution in [2.24, 2.45) is 0 Å². The lowest BCUT2D eigenvalue weighted by molar-refractivity contribution is 0.0771. The molecule has 0 spiro atoms. The minimum Gasteiger partial charge on any atom is -0.372 e. The van der Waals surface area contributed by atoms with Crippen LogP contribution in [-0.2, 0) is 13.0 Å². The first-order chi connectivity index (χ1) is 7.61. The van der Waals surface area contributed by atoms with Gasteiger partial charge in [0, 0.05) is 19.8 Å². The third kappa shape index (κ3) is 2.23. The van der Waals surface area contributed by atoms with E-state index in [1.54, 1.807) is 16.7 Å². The quantitative estimate of drug-likeness (QED) is 0.821. The molecule has 0 aromatic carbocycles. The molecule has 1 aromatic rings. The molecule has 0 saturated carbocycles. The summed E-state index contributed by atoms with van der Waals surface area (Å²) in [6, 6.07) is 0. The van der Waals surface area contributed by atoms with Crippen molar-refractivity contribution in [2.75, 3.05) is 7.05 Å². The van der Waals surface area contributed by atoms with Gasteiger partial charge in [-0.05, 0) is 18.9 Å². The van der Waals surface area contributed by atoms with Crippen molar-refractivity contribution in [3.05, 3.63) is 18.0 Å². The average molecular weight is 257 g/mol. The zero-order chi connectivity index (χ0) is 11.7. The Hall–Kier alpha value is -0.590. The van der Waals surface area contributed by atoms with Crippen molar-refractivity contribution >= 4 is 28.3 Å². The van der Waals surface area contributed by atoms with Crippen LogP contribution >= 0.6 is 24.0 Å². The van der Waals surface area contributed by atoms with Crippen LogP contribution in [0.1, 0.15) is 12.5 Å².